The second-order valence-corrected chi connectivity index (χ2v) is 7.50. The Morgan fingerprint density at radius 1 is 1.15 bits per heavy atom. The van der Waals surface area contributed by atoms with Crippen molar-refractivity contribution in [3.05, 3.63) is 82.2 Å². The molecule has 0 aliphatic rings. The van der Waals surface area contributed by atoms with Gasteiger partial charge in [0.05, 0.1) is 25.6 Å². The van der Waals surface area contributed by atoms with Gasteiger partial charge in [0.25, 0.3) is 0 Å². The van der Waals surface area contributed by atoms with Crippen LogP contribution in [0.25, 0.3) is 0 Å². The lowest BCUT2D eigenvalue weighted by atomic mass is 10.2. The summed E-state index contributed by atoms with van der Waals surface area (Å²) in [5.41, 5.74) is 3.13. The molecule has 4 nitrogen and oxygen atoms in total. The van der Waals surface area contributed by atoms with Crippen LogP contribution in [-0.4, -0.2) is 17.1 Å². The van der Waals surface area contributed by atoms with E-state index in [1.807, 2.05) is 49.4 Å². The summed E-state index contributed by atoms with van der Waals surface area (Å²) in [7, 11) is 1.65. The summed E-state index contributed by atoms with van der Waals surface area (Å²) < 4.78 is 12.0. The van der Waals surface area contributed by atoms with Crippen LogP contribution >= 0.6 is 28.1 Å². The number of aryl methyl sites for hydroxylation is 1. The molecule has 0 amide bonds. The highest BCUT2D eigenvalue weighted by atomic mass is 79.9. The van der Waals surface area contributed by atoms with Crippen molar-refractivity contribution < 1.29 is 9.15 Å². The zero-order chi connectivity index (χ0) is 19.2. The minimum Gasteiger partial charge on any atom is -0.495 e. The Morgan fingerprint density at radius 3 is 2.70 bits per heavy atom. The highest BCUT2D eigenvalue weighted by Crippen LogP contribution is 2.26. The maximum absolute atomic E-state index is 5.72. The van der Waals surface area contributed by atoms with E-state index in [-0.39, 0.29) is 0 Å². The molecule has 0 saturated carbocycles. The van der Waals surface area contributed by atoms with E-state index >= 15 is 0 Å². The fraction of sp³-hybridized carbons (Fsp3) is 0.190. The van der Waals surface area contributed by atoms with Crippen molar-refractivity contribution >= 4 is 38.9 Å². The van der Waals surface area contributed by atoms with E-state index in [0.717, 1.165) is 32.8 Å². The molecule has 0 unspecified atom stereocenters. The number of methoxy groups -OCH3 is 1. The predicted octanol–water partition coefficient (Wildman–Crippen LogP) is 5.76. The monoisotopic (exact) mass is 444 g/mol. The van der Waals surface area contributed by atoms with Gasteiger partial charge in [0.15, 0.2) is 5.11 Å². The number of hydrogen-bond donors (Lipinski definition) is 1. The van der Waals surface area contributed by atoms with Gasteiger partial charge in [-0.25, -0.2) is 0 Å². The molecule has 3 aromatic rings. The number of hydrogen-bond acceptors (Lipinski definition) is 3. The molecular formula is C21H21BrN2O2S. The second kappa shape index (κ2) is 9.06. The number of nitrogens with zero attached hydrogens (tertiary/aromatic N) is 1. The first kappa shape index (κ1) is 19.5. The SMILES string of the molecule is COc1ccc(C)cc1NC(=S)N(Cc1cccc(Br)c1)Cc1ccco1. The van der Waals surface area contributed by atoms with E-state index in [1.54, 1.807) is 13.4 Å². The molecule has 140 valence electrons. The van der Waals surface area contributed by atoms with Gasteiger partial charge >= 0.3 is 0 Å². The third kappa shape index (κ3) is 5.34. The van der Waals surface area contributed by atoms with Crippen LogP contribution in [0, 0.1) is 6.92 Å². The van der Waals surface area contributed by atoms with Gasteiger partial charge in [-0.05, 0) is 66.7 Å². The number of rotatable bonds is 6. The molecule has 0 radical (unpaired) electrons. The molecule has 1 aromatic heterocycles. The first-order chi connectivity index (χ1) is 13.0. The van der Waals surface area contributed by atoms with E-state index in [2.05, 4.69) is 38.3 Å². The number of benzene rings is 2. The van der Waals surface area contributed by atoms with Crippen LogP contribution in [0.3, 0.4) is 0 Å². The van der Waals surface area contributed by atoms with Gasteiger partial charge in [-0.2, -0.15) is 0 Å². The van der Waals surface area contributed by atoms with Gasteiger partial charge in [-0.1, -0.05) is 34.1 Å². The summed E-state index contributed by atoms with van der Waals surface area (Å²) in [5.74, 6) is 1.61. The fourth-order valence-electron chi connectivity index (χ4n) is 2.76. The number of halogens is 1. The van der Waals surface area contributed by atoms with Crippen LogP contribution < -0.4 is 10.1 Å². The quantitative estimate of drug-likeness (QED) is 0.489. The molecule has 0 bridgehead atoms. The van der Waals surface area contributed by atoms with Crippen molar-refractivity contribution in [1.82, 2.24) is 4.90 Å². The van der Waals surface area contributed by atoms with Crippen molar-refractivity contribution in [2.45, 2.75) is 20.0 Å². The smallest absolute Gasteiger partial charge is 0.174 e. The van der Waals surface area contributed by atoms with Gasteiger partial charge in [0.2, 0.25) is 0 Å². The van der Waals surface area contributed by atoms with Gasteiger partial charge in [-0.15, -0.1) is 0 Å². The summed E-state index contributed by atoms with van der Waals surface area (Å²) in [4.78, 5) is 2.07. The van der Waals surface area contributed by atoms with Gasteiger partial charge in [-0.3, -0.25) is 0 Å². The molecule has 6 heteroatoms. The van der Waals surface area contributed by atoms with E-state index in [4.69, 9.17) is 21.4 Å². The Labute approximate surface area is 173 Å². The normalized spacial score (nSPS) is 10.5. The van der Waals surface area contributed by atoms with Crippen LogP contribution in [0.5, 0.6) is 5.75 Å². The van der Waals surface area contributed by atoms with Crippen LogP contribution in [0.2, 0.25) is 0 Å². The molecule has 0 aliphatic carbocycles. The fourth-order valence-corrected chi connectivity index (χ4v) is 3.45. The first-order valence-electron chi connectivity index (χ1n) is 8.52. The standard InChI is InChI=1S/C21H21BrN2O2S/c1-15-8-9-20(25-2)19(11-15)23-21(27)24(14-18-7-4-10-26-18)13-16-5-3-6-17(22)12-16/h3-12H,13-14H2,1-2H3,(H,23,27). The lowest BCUT2D eigenvalue weighted by molar-refractivity contribution is 0.360. The number of ether oxygens (including phenoxy) is 1. The molecule has 0 saturated heterocycles. The Balaban J connectivity index is 1.83. The minimum absolute atomic E-state index is 0.569. The molecule has 0 spiro atoms. The topological polar surface area (TPSA) is 37.6 Å². The maximum Gasteiger partial charge on any atom is 0.174 e. The number of furan rings is 1. The van der Waals surface area contributed by atoms with Crippen molar-refractivity contribution in [3.63, 3.8) is 0 Å². The third-order valence-electron chi connectivity index (χ3n) is 4.07. The number of nitrogens with one attached hydrogen (secondary N) is 1. The van der Waals surface area contributed by atoms with E-state index in [1.165, 1.54) is 0 Å². The van der Waals surface area contributed by atoms with Crippen molar-refractivity contribution in [2.75, 3.05) is 12.4 Å². The maximum atomic E-state index is 5.72. The minimum atomic E-state index is 0.569. The van der Waals surface area contributed by atoms with Gasteiger partial charge in [0, 0.05) is 11.0 Å². The third-order valence-corrected chi connectivity index (χ3v) is 4.93. The van der Waals surface area contributed by atoms with Crippen molar-refractivity contribution in [3.8, 4) is 5.75 Å². The molecular weight excluding hydrogens is 424 g/mol. The van der Waals surface area contributed by atoms with E-state index in [0.29, 0.717) is 18.2 Å². The van der Waals surface area contributed by atoms with Gasteiger partial charge < -0.3 is 19.4 Å². The average Bonchev–Trinajstić information content (AvgIpc) is 3.14. The zero-order valence-electron chi connectivity index (χ0n) is 15.2. The Kier molecular flexibility index (Phi) is 6.53. The summed E-state index contributed by atoms with van der Waals surface area (Å²) in [5, 5.41) is 3.94. The highest BCUT2D eigenvalue weighted by Gasteiger charge is 2.15. The summed E-state index contributed by atoms with van der Waals surface area (Å²) in [6.45, 7) is 3.26. The predicted molar refractivity (Wildman–Crippen MR) is 116 cm³/mol. The van der Waals surface area contributed by atoms with Crippen LogP contribution in [0.4, 0.5) is 5.69 Å². The molecule has 27 heavy (non-hydrogen) atoms. The van der Waals surface area contributed by atoms with Crippen molar-refractivity contribution in [2.24, 2.45) is 0 Å². The number of thiocarbonyl (C=S) groups is 1. The molecule has 0 aliphatic heterocycles. The summed E-state index contributed by atoms with van der Waals surface area (Å²) >= 11 is 9.25. The molecule has 2 aromatic carbocycles. The summed E-state index contributed by atoms with van der Waals surface area (Å²) in [6.07, 6.45) is 1.67. The first-order valence-corrected chi connectivity index (χ1v) is 9.72. The van der Waals surface area contributed by atoms with E-state index < -0.39 is 0 Å². The molecule has 1 N–H and O–H groups in total. The Bertz CT molecular complexity index is 912. The molecule has 0 atom stereocenters. The lowest BCUT2D eigenvalue weighted by Gasteiger charge is -2.26. The van der Waals surface area contributed by atoms with Crippen molar-refractivity contribution in [1.29, 1.82) is 0 Å². The lowest BCUT2D eigenvalue weighted by Crippen LogP contribution is -2.33. The van der Waals surface area contributed by atoms with Crippen LogP contribution in [-0.2, 0) is 13.1 Å². The zero-order valence-corrected chi connectivity index (χ0v) is 17.6. The number of anilines is 1. The van der Waals surface area contributed by atoms with Gasteiger partial charge in [0.1, 0.15) is 11.5 Å². The highest BCUT2D eigenvalue weighted by molar-refractivity contribution is 9.10. The average molecular weight is 445 g/mol. The second-order valence-electron chi connectivity index (χ2n) is 6.20. The summed E-state index contributed by atoms with van der Waals surface area (Å²) in [6, 6.07) is 18.0. The van der Waals surface area contributed by atoms with Crippen LogP contribution in [0.15, 0.2) is 69.8 Å². The van der Waals surface area contributed by atoms with Crippen LogP contribution in [0.1, 0.15) is 16.9 Å². The largest absolute Gasteiger partial charge is 0.495 e. The Morgan fingerprint density at radius 2 is 2.00 bits per heavy atom. The van der Waals surface area contributed by atoms with E-state index in [9.17, 15) is 0 Å². The Hall–Kier alpha value is -2.31. The molecule has 1 heterocycles. The molecule has 3 rings (SSSR count). The molecule has 0 fully saturated rings.